The number of likely N-dealkylation sites (tertiary alicyclic amines) is 1. The van der Waals surface area contributed by atoms with Gasteiger partial charge in [-0.3, -0.25) is 4.79 Å². The number of aryl methyl sites for hydroxylation is 1. The van der Waals surface area contributed by atoms with E-state index < -0.39 is 0 Å². The average Bonchev–Trinajstić information content (AvgIpc) is 3.09. The number of fused-ring (bicyclic) bond motifs is 1. The number of nitrogens with zero attached hydrogens (tertiary/aromatic N) is 4. The Balaban J connectivity index is 1.38. The van der Waals surface area contributed by atoms with Gasteiger partial charge in [-0.25, -0.2) is 15.0 Å². The third-order valence-corrected chi connectivity index (χ3v) is 5.60. The summed E-state index contributed by atoms with van der Waals surface area (Å²) >= 11 is 1.47. The van der Waals surface area contributed by atoms with Gasteiger partial charge in [0.05, 0.1) is 16.8 Å². The van der Waals surface area contributed by atoms with Crippen LogP contribution in [0.2, 0.25) is 0 Å². The van der Waals surface area contributed by atoms with E-state index in [2.05, 4.69) is 32.9 Å². The second-order valence-corrected chi connectivity index (χ2v) is 7.63. The minimum atomic E-state index is 0.158. The number of thioether (sulfide) groups is 1. The first kappa shape index (κ1) is 17.0. The van der Waals surface area contributed by atoms with Crippen molar-refractivity contribution in [3.8, 4) is 0 Å². The topological polar surface area (TPSA) is 74.8 Å². The van der Waals surface area contributed by atoms with Crippen LogP contribution in [0.4, 0.5) is 0 Å². The molecule has 0 saturated carbocycles. The standard InChI is InChI=1S/C19H21N5OS/c1-13-4-5-16-17(9-13)23-19(22-16)26-11-18(25)24-8-2-3-14(10-24)15-6-7-20-12-21-15/h4-7,9,12,14H,2-3,8,10-11H2,1H3,(H,22,23)/t14-/m0/s1. The molecule has 1 aliphatic rings. The van der Waals surface area contributed by atoms with Crippen molar-refractivity contribution in [2.24, 2.45) is 0 Å². The van der Waals surface area contributed by atoms with Crippen molar-refractivity contribution in [2.75, 3.05) is 18.8 Å². The number of carbonyl (C=O) groups excluding carboxylic acids is 1. The minimum absolute atomic E-state index is 0.158. The zero-order chi connectivity index (χ0) is 17.9. The van der Waals surface area contributed by atoms with E-state index in [4.69, 9.17) is 0 Å². The molecule has 3 heterocycles. The first-order valence-electron chi connectivity index (χ1n) is 8.82. The molecule has 0 spiro atoms. The molecular weight excluding hydrogens is 346 g/mol. The maximum Gasteiger partial charge on any atom is 0.233 e. The quantitative estimate of drug-likeness (QED) is 0.717. The summed E-state index contributed by atoms with van der Waals surface area (Å²) < 4.78 is 0. The molecule has 1 amide bonds. The normalized spacial score (nSPS) is 17.6. The Morgan fingerprint density at radius 2 is 2.31 bits per heavy atom. The molecule has 1 atom stereocenters. The molecule has 0 bridgehead atoms. The summed E-state index contributed by atoms with van der Waals surface area (Å²) in [7, 11) is 0. The van der Waals surface area contributed by atoms with Crippen LogP contribution in [0.1, 0.15) is 30.0 Å². The largest absolute Gasteiger partial charge is 0.341 e. The maximum atomic E-state index is 12.6. The Labute approximate surface area is 156 Å². The molecule has 1 N–H and O–H groups in total. The van der Waals surface area contributed by atoms with Crippen LogP contribution in [-0.2, 0) is 4.79 Å². The van der Waals surface area contributed by atoms with Crippen LogP contribution in [0.5, 0.6) is 0 Å². The Kier molecular flexibility index (Phi) is 4.88. The summed E-state index contributed by atoms with van der Waals surface area (Å²) in [5.74, 6) is 0.857. The van der Waals surface area contributed by atoms with Gasteiger partial charge in [-0.2, -0.15) is 0 Å². The molecule has 0 radical (unpaired) electrons. The van der Waals surface area contributed by atoms with Crippen molar-refractivity contribution in [1.82, 2.24) is 24.8 Å². The van der Waals surface area contributed by atoms with Gasteiger partial charge >= 0.3 is 0 Å². The summed E-state index contributed by atoms with van der Waals surface area (Å²) in [6, 6.07) is 8.07. The summed E-state index contributed by atoms with van der Waals surface area (Å²) in [6.45, 7) is 3.61. The fourth-order valence-corrected chi connectivity index (χ4v) is 4.17. The van der Waals surface area contributed by atoms with Gasteiger partial charge < -0.3 is 9.88 Å². The number of hydrogen-bond donors (Lipinski definition) is 1. The summed E-state index contributed by atoms with van der Waals surface area (Å²) in [6.07, 6.45) is 5.42. The first-order valence-corrected chi connectivity index (χ1v) is 9.80. The predicted octanol–water partition coefficient (Wildman–Crippen LogP) is 3.16. The number of piperidine rings is 1. The van der Waals surface area contributed by atoms with E-state index in [1.165, 1.54) is 17.3 Å². The molecule has 4 rings (SSSR count). The number of nitrogens with one attached hydrogen (secondary N) is 1. The number of amides is 1. The monoisotopic (exact) mass is 367 g/mol. The average molecular weight is 367 g/mol. The molecule has 26 heavy (non-hydrogen) atoms. The van der Waals surface area contributed by atoms with E-state index in [-0.39, 0.29) is 5.91 Å². The lowest BCUT2D eigenvalue weighted by atomic mass is 9.94. The Hall–Kier alpha value is -2.41. The van der Waals surface area contributed by atoms with Crippen molar-refractivity contribution in [2.45, 2.75) is 30.8 Å². The molecule has 3 aromatic rings. The number of rotatable bonds is 4. The van der Waals surface area contributed by atoms with Gasteiger partial charge in [0.25, 0.3) is 0 Å². The van der Waals surface area contributed by atoms with Crippen LogP contribution >= 0.6 is 11.8 Å². The molecule has 1 aromatic carbocycles. The van der Waals surface area contributed by atoms with E-state index in [0.717, 1.165) is 47.8 Å². The molecule has 0 unspecified atom stereocenters. The zero-order valence-corrected chi connectivity index (χ0v) is 15.5. The molecule has 7 heteroatoms. The summed E-state index contributed by atoms with van der Waals surface area (Å²) in [4.78, 5) is 30.8. The zero-order valence-electron chi connectivity index (χ0n) is 14.7. The van der Waals surface area contributed by atoms with Gasteiger partial charge in [0, 0.05) is 30.9 Å². The van der Waals surface area contributed by atoms with Crippen LogP contribution in [-0.4, -0.2) is 49.6 Å². The fourth-order valence-electron chi connectivity index (χ4n) is 3.38. The van der Waals surface area contributed by atoms with Crippen molar-refractivity contribution in [3.05, 3.63) is 48.0 Å². The van der Waals surface area contributed by atoms with Crippen LogP contribution in [0, 0.1) is 6.92 Å². The van der Waals surface area contributed by atoms with E-state index in [9.17, 15) is 4.79 Å². The molecular formula is C19H21N5OS. The molecule has 0 aliphatic carbocycles. The Bertz CT molecular complexity index is 911. The van der Waals surface area contributed by atoms with Crippen molar-refractivity contribution >= 4 is 28.7 Å². The number of carbonyl (C=O) groups is 1. The fraction of sp³-hybridized carbons (Fsp3) is 0.368. The SMILES string of the molecule is Cc1ccc2nc(SCC(=O)N3CCC[C@H](c4ccncn4)C3)[nH]c2c1. The molecule has 2 aromatic heterocycles. The highest BCUT2D eigenvalue weighted by atomic mass is 32.2. The van der Waals surface area contributed by atoms with Crippen LogP contribution in [0.25, 0.3) is 11.0 Å². The maximum absolute atomic E-state index is 12.6. The molecule has 1 aliphatic heterocycles. The smallest absolute Gasteiger partial charge is 0.233 e. The number of aromatic nitrogens is 4. The number of H-pyrrole nitrogens is 1. The first-order chi connectivity index (χ1) is 12.7. The van der Waals surface area contributed by atoms with Gasteiger partial charge in [0.1, 0.15) is 6.33 Å². The van der Waals surface area contributed by atoms with E-state index in [1.807, 2.05) is 23.1 Å². The Morgan fingerprint density at radius 1 is 1.38 bits per heavy atom. The molecule has 6 nitrogen and oxygen atoms in total. The van der Waals surface area contributed by atoms with Crippen LogP contribution in [0.15, 0.2) is 41.9 Å². The predicted molar refractivity (Wildman–Crippen MR) is 102 cm³/mol. The number of aromatic amines is 1. The number of hydrogen-bond acceptors (Lipinski definition) is 5. The lowest BCUT2D eigenvalue weighted by molar-refractivity contribution is -0.129. The van der Waals surface area contributed by atoms with Gasteiger partial charge in [-0.1, -0.05) is 17.8 Å². The minimum Gasteiger partial charge on any atom is -0.341 e. The van der Waals surface area contributed by atoms with E-state index in [0.29, 0.717) is 11.7 Å². The van der Waals surface area contributed by atoms with Crippen molar-refractivity contribution in [3.63, 3.8) is 0 Å². The van der Waals surface area contributed by atoms with Gasteiger partial charge in [0.15, 0.2) is 5.16 Å². The summed E-state index contributed by atoms with van der Waals surface area (Å²) in [5.41, 5.74) is 4.17. The van der Waals surface area contributed by atoms with E-state index >= 15 is 0 Å². The second-order valence-electron chi connectivity index (χ2n) is 6.66. The van der Waals surface area contributed by atoms with Gasteiger partial charge in [-0.15, -0.1) is 0 Å². The van der Waals surface area contributed by atoms with Crippen molar-refractivity contribution < 1.29 is 4.79 Å². The lowest BCUT2D eigenvalue weighted by Crippen LogP contribution is -2.40. The highest BCUT2D eigenvalue weighted by molar-refractivity contribution is 7.99. The van der Waals surface area contributed by atoms with Crippen LogP contribution in [0.3, 0.4) is 0 Å². The van der Waals surface area contributed by atoms with E-state index in [1.54, 1.807) is 12.5 Å². The third kappa shape index (κ3) is 3.72. The van der Waals surface area contributed by atoms with Crippen LogP contribution < -0.4 is 0 Å². The highest BCUT2D eigenvalue weighted by Gasteiger charge is 2.25. The highest BCUT2D eigenvalue weighted by Crippen LogP contribution is 2.26. The van der Waals surface area contributed by atoms with Gasteiger partial charge in [-0.05, 0) is 43.5 Å². The number of benzene rings is 1. The molecule has 1 saturated heterocycles. The molecule has 1 fully saturated rings. The van der Waals surface area contributed by atoms with Crippen molar-refractivity contribution in [1.29, 1.82) is 0 Å². The Morgan fingerprint density at radius 3 is 3.15 bits per heavy atom. The van der Waals surface area contributed by atoms with Gasteiger partial charge in [0.2, 0.25) is 5.91 Å². The lowest BCUT2D eigenvalue weighted by Gasteiger charge is -2.32. The second kappa shape index (κ2) is 7.45. The number of imidazole rings is 1. The summed E-state index contributed by atoms with van der Waals surface area (Å²) in [5, 5.41) is 0.795. The third-order valence-electron chi connectivity index (χ3n) is 4.75. The molecule has 134 valence electrons.